The second-order valence-corrected chi connectivity index (χ2v) is 7.42. The molecule has 1 aromatic carbocycles. The van der Waals surface area contributed by atoms with Crippen molar-refractivity contribution in [1.82, 2.24) is 0 Å². The maximum Gasteiger partial charge on any atom is 0.339 e. The standard InChI is InChI=1S/C18H16O4S/c1-23(20,21)15-9-5-8-13(10-11-15)16-12-22-18(19)17(16)14-6-3-2-4-7-14/h2-4,6-11H,5,12H2,1H3. The molecule has 0 amide bonds. The minimum Gasteiger partial charge on any atom is -0.457 e. The van der Waals surface area contributed by atoms with E-state index in [1.807, 2.05) is 36.4 Å². The summed E-state index contributed by atoms with van der Waals surface area (Å²) < 4.78 is 28.5. The number of hydrogen-bond acceptors (Lipinski definition) is 4. The van der Waals surface area contributed by atoms with Gasteiger partial charge >= 0.3 is 5.97 Å². The summed E-state index contributed by atoms with van der Waals surface area (Å²) >= 11 is 0. The van der Waals surface area contributed by atoms with Crippen LogP contribution in [-0.2, 0) is 19.4 Å². The lowest BCUT2D eigenvalue weighted by atomic mass is 9.96. The van der Waals surface area contributed by atoms with Gasteiger partial charge in [-0.1, -0.05) is 48.6 Å². The molecular weight excluding hydrogens is 312 g/mol. The van der Waals surface area contributed by atoms with Gasteiger partial charge < -0.3 is 4.74 Å². The van der Waals surface area contributed by atoms with E-state index in [4.69, 9.17) is 4.74 Å². The third-order valence-electron chi connectivity index (χ3n) is 3.78. The first-order valence-corrected chi connectivity index (χ1v) is 9.10. The number of sulfone groups is 1. The van der Waals surface area contributed by atoms with Crippen LogP contribution in [0.2, 0.25) is 0 Å². The summed E-state index contributed by atoms with van der Waals surface area (Å²) in [4.78, 5) is 12.4. The third-order valence-corrected chi connectivity index (χ3v) is 4.94. The molecule has 118 valence electrons. The third kappa shape index (κ3) is 3.19. The van der Waals surface area contributed by atoms with E-state index in [2.05, 4.69) is 0 Å². The number of carbonyl (C=O) groups is 1. The van der Waals surface area contributed by atoms with Crippen LogP contribution in [0.15, 0.2) is 70.7 Å². The lowest BCUT2D eigenvalue weighted by molar-refractivity contribution is -0.134. The Bertz CT molecular complexity index is 869. The molecule has 0 fully saturated rings. The van der Waals surface area contributed by atoms with Gasteiger partial charge in [0.15, 0.2) is 9.84 Å². The largest absolute Gasteiger partial charge is 0.457 e. The number of esters is 1. The molecule has 1 heterocycles. The van der Waals surface area contributed by atoms with E-state index >= 15 is 0 Å². The highest BCUT2D eigenvalue weighted by atomic mass is 32.2. The molecule has 5 heteroatoms. The van der Waals surface area contributed by atoms with Crippen molar-refractivity contribution in [3.05, 3.63) is 76.3 Å². The van der Waals surface area contributed by atoms with Crippen molar-refractivity contribution in [3.63, 3.8) is 0 Å². The molecule has 1 aliphatic heterocycles. The molecule has 23 heavy (non-hydrogen) atoms. The van der Waals surface area contributed by atoms with Crippen LogP contribution in [0.1, 0.15) is 12.0 Å². The molecule has 0 N–H and O–H groups in total. The van der Waals surface area contributed by atoms with Crippen molar-refractivity contribution in [2.45, 2.75) is 6.42 Å². The van der Waals surface area contributed by atoms with Gasteiger partial charge in [-0.15, -0.1) is 0 Å². The zero-order valence-electron chi connectivity index (χ0n) is 12.7. The molecule has 1 aromatic rings. The second-order valence-electron chi connectivity index (χ2n) is 5.40. The van der Waals surface area contributed by atoms with Gasteiger partial charge in [-0.3, -0.25) is 0 Å². The van der Waals surface area contributed by atoms with Crippen molar-refractivity contribution in [2.75, 3.05) is 12.9 Å². The lowest BCUT2D eigenvalue weighted by Gasteiger charge is -2.05. The van der Waals surface area contributed by atoms with E-state index in [1.165, 1.54) is 6.26 Å². The van der Waals surface area contributed by atoms with E-state index in [0.717, 1.165) is 16.7 Å². The number of benzene rings is 1. The highest BCUT2D eigenvalue weighted by Gasteiger charge is 2.27. The van der Waals surface area contributed by atoms with Crippen molar-refractivity contribution in [1.29, 1.82) is 0 Å². The van der Waals surface area contributed by atoms with Gasteiger partial charge in [-0.2, -0.15) is 0 Å². The summed E-state index contributed by atoms with van der Waals surface area (Å²) in [6, 6.07) is 9.35. The Kier molecular flexibility index (Phi) is 4.05. The Morgan fingerprint density at radius 2 is 1.78 bits per heavy atom. The molecular formula is C18H16O4S. The molecule has 0 unspecified atom stereocenters. The number of cyclic esters (lactones) is 1. The van der Waals surface area contributed by atoms with Crippen molar-refractivity contribution < 1.29 is 17.9 Å². The highest BCUT2D eigenvalue weighted by Crippen LogP contribution is 2.32. The van der Waals surface area contributed by atoms with Crippen molar-refractivity contribution >= 4 is 21.4 Å². The summed E-state index contributed by atoms with van der Waals surface area (Å²) in [5, 5.41) is 0. The quantitative estimate of drug-likeness (QED) is 0.801. The number of carbonyl (C=O) groups excluding carboxylic acids is 1. The molecule has 0 aromatic heterocycles. The maximum absolute atomic E-state index is 12.1. The lowest BCUT2D eigenvalue weighted by Crippen LogP contribution is -1.98. The zero-order valence-corrected chi connectivity index (χ0v) is 13.5. The topological polar surface area (TPSA) is 60.4 Å². The Morgan fingerprint density at radius 1 is 1.04 bits per heavy atom. The number of hydrogen-bond donors (Lipinski definition) is 0. The van der Waals surface area contributed by atoms with Crippen LogP contribution in [0.25, 0.3) is 5.57 Å². The van der Waals surface area contributed by atoms with Crippen LogP contribution in [0.5, 0.6) is 0 Å². The fourth-order valence-electron chi connectivity index (χ4n) is 2.64. The van der Waals surface area contributed by atoms with Crippen LogP contribution in [0, 0.1) is 0 Å². The SMILES string of the molecule is CS(=O)(=O)C1=CCC=C(C2=C(c3ccccc3)C(=O)OC2)C=C1. The average Bonchev–Trinajstić information content (AvgIpc) is 2.73. The Labute approximate surface area is 135 Å². The summed E-state index contributed by atoms with van der Waals surface area (Å²) in [6.45, 7) is 0.202. The average molecular weight is 328 g/mol. The molecule has 4 nitrogen and oxygen atoms in total. The van der Waals surface area contributed by atoms with Crippen molar-refractivity contribution in [2.24, 2.45) is 0 Å². The molecule has 2 aliphatic rings. The molecule has 0 radical (unpaired) electrons. The van der Waals surface area contributed by atoms with E-state index in [-0.39, 0.29) is 17.5 Å². The number of ether oxygens (including phenoxy) is 1. The minimum absolute atomic E-state index is 0.202. The molecule has 3 rings (SSSR count). The summed E-state index contributed by atoms with van der Waals surface area (Å²) in [6.07, 6.45) is 8.57. The fraction of sp³-hybridized carbons (Fsp3) is 0.167. The maximum atomic E-state index is 12.1. The van der Waals surface area contributed by atoms with Gasteiger partial charge in [0, 0.05) is 11.8 Å². The summed E-state index contributed by atoms with van der Waals surface area (Å²) in [5.41, 5.74) is 2.97. The Hall–Kier alpha value is -2.40. The van der Waals surface area contributed by atoms with Crippen LogP contribution in [0.4, 0.5) is 0 Å². The first-order chi connectivity index (χ1) is 11.0. The first kappa shape index (κ1) is 15.5. The molecule has 0 saturated carbocycles. The van der Waals surface area contributed by atoms with Gasteiger partial charge in [0.05, 0.1) is 10.5 Å². The van der Waals surface area contributed by atoms with Crippen LogP contribution < -0.4 is 0 Å². The summed E-state index contributed by atoms with van der Waals surface area (Å²) in [5.74, 6) is -0.346. The van der Waals surface area contributed by atoms with Crippen molar-refractivity contribution in [3.8, 4) is 0 Å². The Balaban J connectivity index is 2.03. The zero-order chi connectivity index (χ0) is 16.4. The molecule has 0 atom stereocenters. The first-order valence-electron chi connectivity index (χ1n) is 7.21. The Morgan fingerprint density at radius 3 is 2.48 bits per heavy atom. The van der Waals surface area contributed by atoms with E-state index in [1.54, 1.807) is 18.2 Å². The van der Waals surface area contributed by atoms with Gasteiger partial charge in [-0.25, -0.2) is 13.2 Å². The number of allylic oxidation sites excluding steroid dienone is 4. The predicted octanol–water partition coefficient (Wildman–Crippen LogP) is 2.81. The van der Waals surface area contributed by atoms with Gasteiger partial charge in [-0.05, 0) is 23.6 Å². The molecule has 0 bridgehead atoms. The minimum atomic E-state index is -3.25. The fourth-order valence-corrected chi connectivity index (χ4v) is 3.35. The van der Waals surface area contributed by atoms with E-state index in [0.29, 0.717) is 12.0 Å². The molecule has 1 aliphatic carbocycles. The number of rotatable bonds is 3. The van der Waals surface area contributed by atoms with Gasteiger partial charge in [0.25, 0.3) is 0 Å². The molecule has 0 spiro atoms. The predicted molar refractivity (Wildman–Crippen MR) is 89.1 cm³/mol. The summed E-state index contributed by atoms with van der Waals surface area (Å²) in [7, 11) is -3.25. The normalized spacial score (nSPS) is 18.4. The van der Waals surface area contributed by atoms with Gasteiger partial charge in [0.1, 0.15) is 6.61 Å². The smallest absolute Gasteiger partial charge is 0.339 e. The van der Waals surface area contributed by atoms with Crippen LogP contribution in [-0.4, -0.2) is 27.2 Å². The van der Waals surface area contributed by atoms with E-state index < -0.39 is 9.84 Å². The molecule has 0 saturated heterocycles. The monoisotopic (exact) mass is 328 g/mol. The van der Waals surface area contributed by atoms with E-state index in [9.17, 15) is 13.2 Å². The second kappa shape index (κ2) is 6.01. The van der Waals surface area contributed by atoms with Crippen LogP contribution >= 0.6 is 0 Å². The van der Waals surface area contributed by atoms with Crippen LogP contribution in [0.3, 0.4) is 0 Å². The highest BCUT2D eigenvalue weighted by molar-refractivity contribution is 7.94. The van der Waals surface area contributed by atoms with Gasteiger partial charge in [0.2, 0.25) is 0 Å².